The van der Waals surface area contributed by atoms with Crippen LogP contribution in [0.3, 0.4) is 0 Å². The van der Waals surface area contributed by atoms with Crippen molar-refractivity contribution in [2.75, 3.05) is 7.05 Å². The van der Waals surface area contributed by atoms with Crippen molar-refractivity contribution in [3.8, 4) is 0 Å². The van der Waals surface area contributed by atoms with E-state index in [0.717, 1.165) is 0 Å². The molecule has 68 valence electrons. The number of hydrogen-bond donors (Lipinski definition) is 3. The van der Waals surface area contributed by atoms with Crippen molar-refractivity contribution in [3.63, 3.8) is 0 Å². The van der Waals surface area contributed by atoms with Gasteiger partial charge in [0.05, 0.1) is 0 Å². The first-order valence-corrected chi connectivity index (χ1v) is 3.70. The number of nitrogens with zero attached hydrogens (tertiary/aromatic N) is 2. The van der Waals surface area contributed by atoms with Crippen LogP contribution in [0, 0.1) is 10.8 Å². The zero-order chi connectivity index (χ0) is 9.84. The Morgan fingerprint density at radius 3 is 2.62 bits per heavy atom. The van der Waals surface area contributed by atoms with Crippen LogP contribution in [0.4, 0.5) is 0 Å². The molecule has 0 aliphatic heterocycles. The number of nitrogens with one attached hydrogen (secondary N) is 2. The van der Waals surface area contributed by atoms with E-state index >= 15 is 0 Å². The third-order valence-corrected chi connectivity index (χ3v) is 1.60. The highest BCUT2D eigenvalue weighted by molar-refractivity contribution is 6.04. The molecule has 0 aromatic carbocycles. The molecule has 0 amide bonds. The van der Waals surface area contributed by atoms with Crippen molar-refractivity contribution in [3.05, 3.63) is 30.1 Å². The smallest absolute Gasteiger partial charge is 0.193 e. The summed E-state index contributed by atoms with van der Waals surface area (Å²) in [6.45, 7) is 0. The van der Waals surface area contributed by atoms with E-state index in [1.807, 2.05) is 0 Å². The van der Waals surface area contributed by atoms with Crippen LogP contribution in [0.15, 0.2) is 24.4 Å². The third kappa shape index (κ3) is 2.02. The second-order valence-corrected chi connectivity index (χ2v) is 2.51. The minimum absolute atomic E-state index is 0.119. The van der Waals surface area contributed by atoms with E-state index < -0.39 is 0 Å². The summed E-state index contributed by atoms with van der Waals surface area (Å²) in [6, 6.07) is 5.25. The van der Waals surface area contributed by atoms with Crippen LogP contribution in [-0.4, -0.2) is 28.7 Å². The average molecular weight is 177 g/mol. The van der Waals surface area contributed by atoms with E-state index in [4.69, 9.17) is 16.6 Å². The monoisotopic (exact) mass is 177 g/mol. The van der Waals surface area contributed by atoms with E-state index in [9.17, 15) is 0 Å². The quantitative estimate of drug-likeness (QED) is 0.423. The normalized spacial score (nSPS) is 9.31. The molecule has 0 atom stereocenters. The van der Waals surface area contributed by atoms with Crippen LogP contribution >= 0.6 is 0 Å². The summed E-state index contributed by atoms with van der Waals surface area (Å²) < 4.78 is 0. The Morgan fingerprint density at radius 1 is 1.46 bits per heavy atom. The van der Waals surface area contributed by atoms with Gasteiger partial charge in [0.15, 0.2) is 11.8 Å². The summed E-state index contributed by atoms with van der Waals surface area (Å²) in [5.41, 5.74) is 5.72. The van der Waals surface area contributed by atoms with Gasteiger partial charge in [-0.05, 0) is 12.1 Å². The lowest BCUT2D eigenvalue weighted by Gasteiger charge is -2.16. The Labute approximate surface area is 76.2 Å². The maximum absolute atomic E-state index is 7.61. The Morgan fingerprint density at radius 2 is 2.15 bits per heavy atom. The topological polar surface area (TPSA) is 89.9 Å². The number of guanidine groups is 1. The molecule has 0 bridgehead atoms. The second-order valence-electron chi connectivity index (χ2n) is 2.51. The largest absolute Gasteiger partial charge is 0.370 e. The molecule has 1 heterocycles. The maximum atomic E-state index is 7.61. The van der Waals surface area contributed by atoms with Crippen LogP contribution in [0.2, 0.25) is 0 Å². The van der Waals surface area contributed by atoms with Crippen molar-refractivity contribution < 1.29 is 0 Å². The van der Waals surface area contributed by atoms with Crippen molar-refractivity contribution >= 4 is 11.8 Å². The first-order chi connectivity index (χ1) is 6.13. The fourth-order valence-corrected chi connectivity index (χ4v) is 0.795. The Balaban J connectivity index is 2.86. The molecule has 0 saturated carbocycles. The summed E-state index contributed by atoms with van der Waals surface area (Å²) in [5, 5.41) is 14.7. The fourth-order valence-electron chi connectivity index (χ4n) is 0.795. The molecule has 1 aromatic rings. The van der Waals surface area contributed by atoms with Gasteiger partial charge in [-0.25, -0.2) is 0 Å². The molecule has 0 radical (unpaired) electrons. The molecule has 13 heavy (non-hydrogen) atoms. The molecule has 0 spiro atoms. The minimum atomic E-state index is -0.171. The van der Waals surface area contributed by atoms with Crippen LogP contribution < -0.4 is 5.73 Å². The molecule has 4 N–H and O–H groups in total. The van der Waals surface area contributed by atoms with Crippen molar-refractivity contribution in [1.29, 1.82) is 10.8 Å². The lowest BCUT2D eigenvalue weighted by atomic mass is 10.3. The van der Waals surface area contributed by atoms with Crippen molar-refractivity contribution in [2.45, 2.75) is 0 Å². The number of pyridine rings is 1. The van der Waals surface area contributed by atoms with E-state index in [0.29, 0.717) is 5.69 Å². The van der Waals surface area contributed by atoms with Gasteiger partial charge in [0.2, 0.25) is 0 Å². The summed E-state index contributed by atoms with van der Waals surface area (Å²) in [5.74, 6) is -0.0521. The lowest BCUT2D eigenvalue weighted by molar-refractivity contribution is 0.725. The molecule has 5 nitrogen and oxygen atoms in total. The van der Waals surface area contributed by atoms with Gasteiger partial charge in [-0.15, -0.1) is 0 Å². The summed E-state index contributed by atoms with van der Waals surface area (Å²) in [7, 11) is 1.55. The number of rotatable bonds is 1. The molecule has 0 saturated heterocycles. The molecule has 5 heteroatoms. The molecular formula is C8H11N5. The number of aromatic nitrogens is 1. The number of nitrogens with two attached hydrogens (primary N) is 1. The molecule has 0 aliphatic carbocycles. The number of hydrogen-bond acceptors (Lipinski definition) is 3. The molecular weight excluding hydrogens is 166 g/mol. The first kappa shape index (κ1) is 9.18. The summed E-state index contributed by atoms with van der Waals surface area (Å²) in [4.78, 5) is 5.22. The Bertz CT molecular complexity index is 319. The average Bonchev–Trinajstić information content (AvgIpc) is 2.17. The van der Waals surface area contributed by atoms with Crippen molar-refractivity contribution in [2.24, 2.45) is 5.73 Å². The SMILES string of the molecule is CN(C(=N)N)C(=N)c1ccccn1. The van der Waals surface area contributed by atoms with Gasteiger partial charge >= 0.3 is 0 Å². The highest BCUT2D eigenvalue weighted by atomic mass is 15.2. The Kier molecular flexibility index (Phi) is 2.59. The van der Waals surface area contributed by atoms with Crippen LogP contribution in [0.5, 0.6) is 0 Å². The van der Waals surface area contributed by atoms with Gasteiger partial charge in [-0.3, -0.25) is 20.7 Å². The van der Waals surface area contributed by atoms with Gasteiger partial charge in [0.25, 0.3) is 0 Å². The molecule has 1 rings (SSSR count). The van der Waals surface area contributed by atoms with Crippen LogP contribution in [0.1, 0.15) is 5.69 Å². The molecule has 0 aliphatic rings. The second kappa shape index (κ2) is 3.66. The van der Waals surface area contributed by atoms with E-state index in [1.54, 1.807) is 31.4 Å². The van der Waals surface area contributed by atoms with Gasteiger partial charge in [-0.2, -0.15) is 0 Å². The Hall–Kier alpha value is -1.91. The third-order valence-electron chi connectivity index (χ3n) is 1.60. The molecule has 1 aromatic heterocycles. The van der Waals surface area contributed by atoms with E-state index in [-0.39, 0.29) is 11.8 Å². The summed E-state index contributed by atoms with van der Waals surface area (Å²) >= 11 is 0. The standard InChI is InChI=1S/C8H11N5/c1-13(8(10)11)7(9)6-4-2-3-5-12-6/h2-5,9H,1H3,(H3,10,11). The lowest BCUT2D eigenvalue weighted by Crippen LogP contribution is -2.38. The van der Waals surface area contributed by atoms with Gasteiger partial charge in [-0.1, -0.05) is 6.07 Å². The maximum Gasteiger partial charge on any atom is 0.193 e. The highest BCUT2D eigenvalue weighted by Crippen LogP contribution is 1.97. The van der Waals surface area contributed by atoms with Crippen LogP contribution in [-0.2, 0) is 0 Å². The first-order valence-electron chi connectivity index (χ1n) is 3.70. The summed E-state index contributed by atoms with van der Waals surface area (Å²) in [6.07, 6.45) is 1.60. The van der Waals surface area contributed by atoms with Crippen LogP contribution in [0.25, 0.3) is 0 Å². The highest BCUT2D eigenvalue weighted by Gasteiger charge is 2.09. The van der Waals surface area contributed by atoms with Gasteiger partial charge in [0.1, 0.15) is 5.69 Å². The van der Waals surface area contributed by atoms with Crippen molar-refractivity contribution in [1.82, 2.24) is 9.88 Å². The van der Waals surface area contributed by atoms with E-state index in [1.165, 1.54) is 4.90 Å². The van der Waals surface area contributed by atoms with Gasteiger partial charge in [0, 0.05) is 13.2 Å². The zero-order valence-corrected chi connectivity index (χ0v) is 7.28. The number of amidine groups is 1. The molecule has 0 fully saturated rings. The minimum Gasteiger partial charge on any atom is -0.370 e. The predicted octanol–water partition coefficient (Wildman–Crippen LogP) is 0.232. The van der Waals surface area contributed by atoms with Gasteiger partial charge < -0.3 is 5.73 Å². The molecule has 0 unspecified atom stereocenters. The van der Waals surface area contributed by atoms with E-state index in [2.05, 4.69) is 4.98 Å². The predicted molar refractivity (Wildman–Crippen MR) is 50.7 cm³/mol. The fraction of sp³-hybridized carbons (Fsp3) is 0.125. The zero-order valence-electron chi connectivity index (χ0n) is 7.28.